The molecule has 0 atom stereocenters. The van der Waals surface area contributed by atoms with Gasteiger partial charge in [-0.05, 0) is 61.9 Å². The summed E-state index contributed by atoms with van der Waals surface area (Å²) in [5.41, 5.74) is 3.67. The summed E-state index contributed by atoms with van der Waals surface area (Å²) in [6, 6.07) is 21.8. The van der Waals surface area contributed by atoms with E-state index in [0.29, 0.717) is 22.7 Å². The van der Waals surface area contributed by atoms with Crippen LogP contribution in [0.3, 0.4) is 0 Å². The van der Waals surface area contributed by atoms with Crippen molar-refractivity contribution in [2.24, 2.45) is 0 Å². The van der Waals surface area contributed by atoms with E-state index in [1.165, 1.54) is 6.08 Å². The van der Waals surface area contributed by atoms with Gasteiger partial charge in [0.2, 0.25) is 0 Å². The zero-order valence-electron chi connectivity index (χ0n) is 18.2. The highest BCUT2D eigenvalue weighted by molar-refractivity contribution is 9.10. The zero-order valence-corrected chi connectivity index (χ0v) is 19.8. The van der Waals surface area contributed by atoms with Gasteiger partial charge in [0.25, 0.3) is 11.8 Å². The van der Waals surface area contributed by atoms with Crippen LogP contribution in [-0.2, 0) is 9.59 Å². The van der Waals surface area contributed by atoms with Gasteiger partial charge in [-0.15, -0.1) is 0 Å². The molecule has 166 valence electrons. The predicted molar refractivity (Wildman–Crippen MR) is 133 cm³/mol. The third kappa shape index (κ3) is 6.79. The lowest BCUT2D eigenvalue weighted by Crippen LogP contribution is -2.20. The van der Waals surface area contributed by atoms with Crippen molar-refractivity contribution < 1.29 is 14.3 Å². The van der Waals surface area contributed by atoms with Crippen LogP contribution in [-0.4, -0.2) is 18.4 Å². The number of amides is 2. The number of aryl methyl sites for hydroxylation is 2. The lowest BCUT2D eigenvalue weighted by molar-refractivity contribution is -0.118. The van der Waals surface area contributed by atoms with Gasteiger partial charge < -0.3 is 15.4 Å². The Morgan fingerprint density at radius 1 is 1.03 bits per heavy atom. The van der Waals surface area contributed by atoms with E-state index in [0.717, 1.165) is 15.6 Å². The van der Waals surface area contributed by atoms with Crippen molar-refractivity contribution in [2.45, 2.75) is 13.8 Å². The number of nitrogens with zero attached hydrogens (tertiary/aromatic N) is 1. The van der Waals surface area contributed by atoms with Crippen LogP contribution in [0.25, 0.3) is 6.08 Å². The van der Waals surface area contributed by atoms with Gasteiger partial charge in [0, 0.05) is 21.4 Å². The number of carbonyl (C=O) groups is 2. The van der Waals surface area contributed by atoms with Crippen molar-refractivity contribution in [2.75, 3.05) is 17.2 Å². The molecule has 6 nitrogen and oxygen atoms in total. The average Bonchev–Trinajstić information content (AvgIpc) is 2.79. The first kappa shape index (κ1) is 23.8. The molecule has 3 aromatic rings. The van der Waals surface area contributed by atoms with Gasteiger partial charge in [0.1, 0.15) is 17.4 Å². The SMILES string of the molecule is Cc1ccc(NC(=O)/C(C#N)=C/c2cc(Br)ccc2OCC(=O)Nc2ccccc2)c(C)c1. The summed E-state index contributed by atoms with van der Waals surface area (Å²) in [5, 5.41) is 15.1. The number of anilines is 2. The number of hydrogen-bond acceptors (Lipinski definition) is 4. The number of nitriles is 1. The highest BCUT2D eigenvalue weighted by Gasteiger charge is 2.14. The molecule has 2 amide bonds. The standard InChI is InChI=1S/C26H22BrN3O3/c1-17-8-10-23(18(2)12-17)30-26(32)20(15-28)13-19-14-21(27)9-11-24(19)33-16-25(31)29-22-6-4-3-5-7-22/h3-14H,16H2,1-2H3,(H,29,31)(H,30,32)/b20-13+. The molecule has 0 saturated carbocycles. The number of ether oxygens (including phenoxy) is 1. The Hall–Kier alpha value is -3.89. The monoisotopic (exact) mass is 503 g/mol. The Balaban J connectivity index is 1.76. The molecule has 0 bridgehead atoms. The number of para-hydroxylation sites is 1. The molecule has 0 unspecified atom stereocenters. The van der Waals surface area contributed by atoms with Gasteiger partial charge in [0.05, 0.1) is 0 Å². The predicted octanol–water partition coefficient (Wildman–Crippen LogP) is 5.63. The van der Waals surface area contributed by atoms with Gasteiger partial charge in [-0.25, -0.2) is 0 Å². The van der Waals surface area contributed by atoms with E-state index < -0.39 is 5.91 Å². The first-order chi connectivity index (χ1) is 15.9. The molecule has 0 heterocycles. The molecule has 33 heavy (non-hydrogen) atoms. The fourth-order valence-electron chi connectivity index (χ4n) is 3.07. The fraction of sp³-hybridized carbons (Fsp3) is 0.115. The maximum Gasteiger partial charge on any atom is 0.266 e. The summed E-state index contributed by atoms with van der Waals surface area (Å²) in [4.78, 5) is 25.0. The molecule has 0 saturated heterocycles. The van der Waals surface area contributed by atoms with E-state index in [1.807, 2.05) is 50.2 Å². The Bertz CT molecular complexity index is 1250. The van der Waals surface area contributed by atoms with Gasteiger partial charge in [0.15, 0.2) is 6.61 Å². The second-order valence-corrected chi connectivity index (χ2v) is 8.24. The lowest BCUT2D eigenvalue weighted by atomic mass is 10.1. The molecular formula is C26H22BrN3O3. The molecule has 0 aliphatic heterocycles. The minimum absolute atomic E-state index is 0.0911. The van der Waals surface area contributed by atoms with E-state index in [2.05, 4.69) is 26.6 Å². The zero-order chi connectivity index (χ0) is 23.8. The first-order valence-corrected chi connectivity index (χ1v) is 10.9. The molecule has 2 N–H and O–H groups in total. The normalized spacial score (nSPS) is 10.8. The number of rotatable bonds is 7. The summed E-state index contributed by atoms with van der Waals surface area (Å²) < 4.78 is 6.42. The van der Waals surface area contributed by atoms with Crippen molar-refractivity contribution in [3.05, 3.63) is 93.5 Å². The summed E-state index contributed by atoms with van der Waals surface area (Å²) >= 11 is 3.39. The summed E-state index contributed by atoms with van der Waals surface area (Å²) in [5.74, 6) is -0.488. The van der Waals surface area contributed by atoms with Crippen LogP contribution in [0.15, 0.2) is 76.8 Å². The van der Waals surface area contributed by atoms with Crippen molar-refractivity contribution in [1.29, 1.82) is 5.26 Å². The molecular weight excluding hydrogens is 482 g/mol. The number of halogens is 1. The van der Waals surface area contributed by atoms with Gasteiger partial charge in [-0.2, -0.15) is 5.26 Å². The molecule has 0 spiro atoms. The summed E-state index contributed by atoms with van der Waals surface area (Å²) in [7, 11) is 0. The van der Waals surface area contributed by atoms with Crippen LogP contribution < -0.4 is 15.4 Å². The van der Waals surface area contributed by atoms with Crippen molar-refractivity contribution >= 4 is 45.2 Å². The van der Waals surface area contributed by atoms with Crippen LogP contribution in [0.1, 0.15) is 16.7 Å². The van der Waals surface area contributed by atoms with Crippen LogP contribution in [0, 0.1) is 25.2 Å². The van der Waals surface area contributed by atoms with E-state index in [1.54, 1.807) is 36.4 Å². The van der Waals surface area contributed by atoms with E-state index >= 15 is 0 Å². The van der Waals surface area contributed by atoms with Gasteiger partial charge >= 0.3 is 0 Å². The maximum absolute atomic E-state index is 12.7. The van der Waals surface area contributed by atoms with Gasteiger partial charge in [-0.1, -0.05) is 51.8 Å². The Morgan fingerprint density at radius 2 is 1.79 bits per heavy atom. The van der Waals surface area contributed by atoms with E-state index in [-0.39, 0.29) is 18.1 Å². The molecule has 3 rings (SSSR count). The second-order valence-electron chi connectivity index (χ2n) is 7.33. The Labute approximate surface area is 201 Å². The van der Waals surface area contributed by atoms with Gasteiger partial charge in [-0.3, -0.25) is 9.59 Å². The minimum Gasteiger partial charge on any atom is -0.483 e. The van der Waals surface area contributed by atoms with Crippen molar-refractivity contribution in [1.82, 2.24) is 0 Å². The van der Waals surface area contributed by atoms with Crippen LogP contribution in [0.2, 0.25) is 0 Å². The third-order valence-electron chi connectivity index (χ3n) is 4.68. The summed E-state index contributed by atoms with van der Waals surface area (Å²) in [6.45, 7) is 3.63. The number of benzene rings is 3. The topological polar surface area (TPSA) is 91.2 Å². The molecule has 0 aliphatic rings. The van der Waals surface area contributed by atoms with Crippen molar-refractivity contribution in [3.8, 4) is 11.8 Å². The molecule has 7 heteroatoms. The first-order valence-electron chi connectivity index (χ1n) is 10.1. The van der Waals surface area contributed by atoms with Crippen LogP contribution in [0.4, 0.5) is 11.4 Å². The molecule has 0 radical (unpaired) electrons. The Morgan fingerprint density at radius 3 is 2.48 bits per heavy atom. The number of hydrogen-bond donors (Lipinski definition) is 2. The highest BCUT2D eigenvalue weighted by Crippen LogP contribution is 2.26. The largest absolute Gasteiger partial charge is 0.483 e. The average molecular weight is 504 g/mol. The van der Waals surface area contributed by atoms with Crippen molar-refractivity contribution in [3.63, 3.8) is 0 Å². The Kier molecular flexibility index (Phi) is 8.01. The molecule has 0 aliphatic carbocycles. The smallest absolute Gasteiger partial charge is 0.266 e. The maximum atomic E-state index is 12.7. The van der Waals surface area contributed by atoms with Crippen LogP contribution >= 0.6 is 15.9 Å². The fourth-order valence-corrected chi connectivity index (χ4v) is 3.45. The quantitative estimate of drug-likeness (QED) is 0.322. The van der Waals surface area contributed by atoms with E-state index in [4.69, 9.17) is 4.74 Å². The second kappa shape index (κ2) is 11.1. The lowest BCUT2D eigenvalue weighted by Gasteiger charge is -2.11. The van der Waals surface area contributed by atoms with Crippen LogP contribution in [0.5, 0.6) is 5.75 Å². The molecule has 0 aromatic heterocycles. The summed E-state index contributed by atoms with van der Waals surface area (Å²) in [6.07, 6.45) is 1.44. The van der Waals surface area contributed by atoms with E-state index in [9.17, 15) is 14.9 Å². The number of carbonyl (C=O) groups excluding carboxylic acids is 2. The molecule has 3 aromatic carbocycles. The minimum atomic E-state index is -0.530. The number of nitrogens with one attached hydrogen (secondary N) is 2. The third-order valence-corrected chi connectivity index (χ3v) is 5.18. The highest BCUT2D eigenvalue weighted by atomic mass is 79.9. The molecule has 0 fully saturated rings.